The zero-order valence-corrected chi connectivity index (χ0v) is 17.8. The van der Waals surface area contributed by atoms with Gasteiger partial charge in [0.15, 0.2) is 0 Å². The molecule has 1 aromatic heterocycles. The van der Waals surface area contributed by atoms with Gasteiger partial charge in [-0.15, -0.1) is 0 Å². The van der Waals surface area contributed by atoms with Crippen molar-refractivity contribution >= 4 is 11.6 Å². The van der Waals surface area contributed by atoms with Crippen LogP contribution in [0.5, 0.6) is 0 Å². The number of fused-ring (bicyclic) bond motifs is 1. The van der Waals surface area contributed by atoms with Gasteiger partial charge in [-0.2, -0.15) is 0 Å². The summed E-state index contributed by atoms with van der Waals surface area (Å²) in [5.41, 5.74) is 2.35. The summed E-state index contributed by atoms with van der Waals surface area (Å²) in [6.07, 6.45) is 3.12. The number of carbonyl (C=O) groups is 1. The maximum Gasteiger partial charge on any atom is 0.255 e. The molecule has 3 heterocycles. The molecule has 2 aliphatic rings. The number of aliphatic hydroxyl groups is 1. The van der Waals surface area contributed by atoms with Gasteiger partial charge in [-0.1, -0.05) is 13.3 Å². The van der Waals surface area contributed by atoms with Crippen LogP contribution in [0.2, 0.25) is 0 Å². The number of piperazine rings is 1. The molecule has 0 radical (unpaired) electrons. The molecular weight excluding hydrogens is 383 g/mol. The first-order valence-corrected chi connectivity index (χ1v) is 10.9. The smallest absolute Gasteiger partial charge is 0.255 e. The van der Waals surface area contributed by atoms with Gasteiger partial charge in [-0.25, -0.2) is 4.39 Å². The molecule has 2 unspecified atom stereocenters. The molecule has 30 heavy (non-hydrogen) atoms. The van der Waals surface area contributed by atoms with Crippen molar-refractivity contribution in [3.63, 3.8) is 0 Å². The Morgan fingerprint density at radius 3 is 2.47 bits per heavy atom. The van der Waals surface area contributed by atoms with Crippen LogP contribution in [0, 0.1) is 5.82 Å². The second-order valence-corrected chi connectivity index (χ2v) is 8.34. The highest BCUT2D eigenvalue weighted by atomic mass is 19.1. The normalized spacial score (nSPS) is 22.9. The van der Waals surface area contributed by atoms with Gasteiger partial charge >= 0.3 is 0 Å². The third kappa shape index (κ3) is 3.96. The molecule has 7 heteroatoms. The van der Waals surface area contributed by atoms with Gasteiger partial charge in [0.05, 0.1) is 17.3 Å². The summed E-state index contributed by atoms with van der Waals surface area (Å²) >= 11 is 0. The predicted molar refractivity (Wildman–Crippen MR) is 115 cm³/mol. The topological polar surface area (TPSA) is 52.0 Å². The molecule has 0 saturated carbocycles. The first-order valence-electron chi connectivity index (χ1n) is 10.9. The highest BCUT2D eigenvalue weighted by molar-refractivity contribution is 5.96. The zero-order valence-electron chi connectivity index (χ0n) is 17.8. The molecule has 6 nitrogen and oxygen atoms in total. The number of rotatable bonds is 5. The van der Waals surface area contributed by atoms with E-state index in [9.17, 15) is 14.3 Å². The first kappa shape index (κ1) is 20.9. The number of halogens is 1. The Balaban J connectivity index is 1.53. The lowest BCUT2D eigenvalue weighted by Crippen LogP contribution is -2.55. The number of benzene rings is 1. The molecule has 1 saturated heterocycles. The number of nitrogens with zero attached hydrogens (tertiary/aromatic N) is 4. The Labute approximate surface area is 177 Å². The second kappa shape index (κ2) is 8.78. The van der Waals surface area contributed by atoms with Gasteiger partial charge in [0, 0.05) is 58.2 Å². The molecule has 4 rings (SSSR count). The minimum atomic E-state index is -0.715. The fourth-order valence-corrected chi connectivity index (χ4v) is 4.67. The Morgan fingerprint density at radius 2 is 1.80 bits per heavy atom. The lowest BCUT2D eigenvalue weighted by Gasteiger charge is -2.42. The van der Waals surface area contributed by atoms with Gasteiger partial charge in [0.25, 0.3) is 5.91 Å². The third-order valence-corrected chi connectivity index (χ3v) is 6.45. The lowest BCUT2D eigenvalue weighted by molar-refractivity contribution is 0.0246. The zero-order chi connectivity index (χ0) is 21.3. The van der Waals surface area contributed by atoms with Crippen LogP contribution in [0.25, 0.3) is 0 Å². The summed E-state index contributed by atoms with van der Waals surface area (Å²) in [5.74, 6) is -0.209. The van der Waals surface area contributed by atoms with Crippen LogP contribution >= 0.6 is 0 Å². The molecule has 0 aliphatic carbocycles. The van der Waals surface area contributed by atoms with E-state index in [1.807, 2.05) is 40.9 Å². The van der Waals surface area contributed by atoms with Crippen molar-refractivity contribution in [2.45, 2.75) is 31.9 Å². The number of aromatic nitrogens is 1. The number of anilines is 1. The van der Waals surface area contributed by atoms with Crippen LogP contribution in [0.3, 0.4) is 0 Å². The van der Waals surface area contributed by atoms with Crippen LogP contribution < -0.4 is 4.90 Å². The van der Waals surface area contributed by atoms with Crippen molar-refractivity contribution in [2.75, 3.05) is 44.2 Å². The van der Waals surface area contributed by atoms with Gasteiger partial charge in [-0.05, 0) is 36.8 Å². The van der Waals surface area contributed by atoms with Gasteiger partial charge in [0.1, 0.15) is 11.9 Å². The highest BCUT2D eigenvalue weighted by Gasteiger charge is 2.39. The number of carbonyl (C=O) groups excluding carboxylic acids is 1. The molecule has 1 fully saturated rings. The van der Waals surface area contributed by atoms with E-state index in [0.29, 0.717) is 24.3 Å². The molecule has 1 aromatic carbocycles. The molecule has 1 amide bonds. The lowest BCUT2D eigenvalue weighted by atomic mass is 10.0. The van der Waals surface area contributed by atoms with Crippen molar-refractivity contribution < 1.29 is 14.3 Å². The van der Waals surface area contributed by atoms with Crippen molar-refractivity contribution in [3.05, 3.63) is 53.6 Å². The van der Waals surface area contributed by atoms with Crippen LogP contribution in [0.1, 0.15) is 41.9 Å². The fraction of sp³-hybridized carbons (Fsp3) is 0.522. The Bertz CT molecular complexity index is 874. The highest BCUT2D eigenvalue weighted by Crippen LogP contribution is 2.31. The maximum atomic E-state index is 13.2. The second-order valence-electron chi connectivity index (χ2n) is 8.34. The number of aliphatic hydroxyl groups excluding tert-OH is 1. The Hall–Kier alpha value is -2.38. The van der Waals surface area contributed by atoms with Crippen molar-refractivity contribution in [1.82, 2.24) is 14.4 Å². The maximum absolute atomic E-state index is 13.2. The van der Waals surface area contributed by atoms with Crippen LogP contribution in [-0.2, 0) is 7.05 Å². The average molecular weight is 415 g/mol. The molecule has 0 bridgehead atoms. The van der Waals surface area contributed by atoms with E-state index in [-0.39, 0.29) is 17.8 Å². The molecular formula is C23H31FN4O2. The molecule has 1 N–H and O–H groups in total. The van der Waals surface area contributed by atoms with E-state index in [1.165, 1.54) is 12.1 Å². The Kier molecular flexibility index (Phi) is 6.11. The standard InChI is InChI=1S/C23H31FN4O2/c1-3-4-10-28-16-20(22(29)21-19(23(28)30)9-11-25(21)2)27-14-12-26(13-15-27)18-7-5-17(24)6-8-18/h5-9,11,20,22,29H,3-4,10,12-16H2,1-2H3. The molecule has 162 valence electrons. The average Bonchev–Trinajstić information content (AvgIpc) is 3.10. The van der Waals surface area contributed by atoms with E-state index < -0.39 is 6.10 Å². The minimum Gasteiger partial charge on any atom is -0.385 e. The van der Waals surface area contributed by atoms with Crippen LogP contribution in [-0.4, -0.2) is 70.7 Å². The number of unbranched alkanes of at least 4 members (excludes halogenated alkanes) is 1. The summed E-state index contributed by atoms with van der Waals surface area (Å²) in [6, 6.07) is 8.29. The Morgan fingerprint density at radius 1 is 1.10 bits per heavy atom. The summed E-state index contributed by atoms with van der Waals surface area (Å²) in [6.45, 7) is 6.55. The van der Waals surface area contributed by atoms with Crippen molar-refractivity contribution in [2.24, 2.45) is 7.05 Å². The third-order valence-electron chi connectivity index (χ3n) is 6.45. The first-order chi connectivity index (χ1) is 14.5. The van der Waals surface area contributed by atoms with Gasteiger partial charge in [-0.3, -0.25) is 9.69 Å². The predicted octanol–water partition coefficient (Wildman–Crippen LogP) is 2.64. The molecule has 2 aromatic rings. The monoisotopic (exact) mass is 414 g/mol. The van der Waals surface area contributed by atoms with E-state index in [1.54, 1.807) is 0 Å². The number of hydrogen-bond acceptors (Lipinski definition) is 4. The van der Waals surface area contributed by atoms with Gasteiger partial charge in [0.2, 0.25) is 0 Å². The van der Waals surface area contributed by atoms with E-state index >= 15 is 0 Å². The summed E-state index contributed by atoms with van der Waals surface area (Å²) < 4.78 is 15.1. The van der Waals surface area contributed by atoms with Crippen LogP contribution in [0.15, 0.2) is 36.5 Å². The van der Waals surface area contributed by atoms with Crippen LogP contribution in [0.4, 0.5) is 10.1 Å². The van der Waals surface area contributed by atoms with Gasteiger partial charge < -0.3 is 19.5 Å². The van der Waals surface area contributed by atoms with E-state index in [0.717, 1.165) is 44.7 Å². The summed E-state index contributed by atoms with van der Waals surface area (Å²) in [7, 11) is 1.89. The van der Waals surface area contributed by atoms with E-state index in [2.05, 4.69) is 16.7 Å². The SMILES string of the molecule is CCCCN1CC(N2CCN(c3ccc(F)cc3)CC2)C(O)c2c(ccn2C)C1=O. The number of hydrogen-bond donors (Lipinski definition) is 1. The molecule has 2 atom stereocenters. The fourth-order valence-electron chi connectivity index (χ4n) is 4.67. The van der Waals surface area contributed by atoms with E-state index in [4.69, 9.17) is 0 Å². The quantitative estimate of drug-likeness (QED) is 0.817. The van der Waals surface area contributed by atoms with Crippen molar-refractivity contribution in [3.8, 4) is 0 Å². The largest absolute Gasteiger partial charge is 0.385 e. The molecule has 2 aliphatic heterocycles. The summed E-state index contributed by atoms with van der Waals surface area (Å²) in [5, 5.41) is 11.3. The number of amides is 1. The van der Waals surface area contributed by atoms with Crippen molar-refractivity contribution in [1.29, 1.82) is 0 Å². The summed E-state index contributed by atoms with van der Waals surface area (Å²) in [4.78, 5) is 19.6. The molecule has 0 spiro atoms. The minimum absolute atomic E-state index is 0.0190. The number of aryl methyl sites for hydroxylation is 1.